The van der Waals surface area contributed by atoms with Gasteiger partial charge in [-0.2, -0.15) is 0 Å². The molecule has 0 unspecified atom stereocenters. The average molecular weight is 892 g/mol. The molecular formula is C50H53NO14. The number of aromatic hydroxyl groups is 2. The van der Waals surface area contributed by atoms with Gasteiger partial charge in [-0.1, -0.05) is 54.6 Å². The van der Waals surface area contributed by atoms with Gasteiger partial charge >= 0.3 is 0 Å². The molecule has 1 fully saturated rings. The first-order chi connectivity index (χ1) is 31.2. The van der Waals surface area contributed by atoms with E-state index in [1.807, 2.05) is 48.5 Å². The Bertz CT molecular complexity index is 2490. The predicted molar refractivity (Wildman–Crippen MR) is 236 cm³/mol. The molecule has 65 heavy (non-hydrogen) atoms. The summed E-state index contributed by atoms with van der Waals surface area (Å²) in [6, 6.07) is 28.0. The molecule has 8 rings (SSSR count). The highest BCUT2D eigenvalue weighted by Gasteiger charge is 2.50. The number of methoxy groups -OCH3 is 3. The molecule has 0 spiro atoms. The number of fused-ring (bicyclic) bond motifs is 3. The molecule has 1 heterocycles. The molecule has 0 saturated carbocycles. The third-order valence-corrected chi connectivity index (χ3v) is 12.1. The first kappa shape index (κ1) is 46.7. The van der Waals surface area contributed by atoms with Crippen molar-refractivity contribution in [2.24, 2.45) is 5.73 Å². The molecule has 0 bridgehead atoms. The number of aliphatic hydroxyl groups excluding tert-OH is 2. The van der Waals surface area contributed by atoms with Crippen molar-refractivity contribution in [1.29, 1.82) is 0 Å². The number of rotatable bonds is 13. The molecule has 0 aromatic heterocycles. The zero-order valence-corrected chi connectivity index (χ0v) is 36.5. The number of hydrogen-bond donors (Lipinski definition) is 6. The molecule has 7 N–H and O–H groups in total. The number of phenolic OH excluding ortho intramolecular Hbond substituents is 2. The molecule has 1 aliphatic heterocycles. The van der Waals surface area contributed by atoms with Crippen LogP contribution in [0, 0.1) is 0 Å². The number of carbonyl (C=O) groups excluding carboxylic acids is 3. The van der Waals surface area contributed by atoms with Crippen LogP contribution in [0.1, 0.15) is 85.5 Å². The molecule has 5 aromatic carbocycles. The summed E-state index contributed by atoms with van der Waals surface area (Å²) >= 11 is 0. The van der Waals surface area contributed by atoms with E-state index in [0.29, 0.717) is 6.61 Å². The van der Waals surface area contributed by atoms with E-state index in [4.69, 9.17) is 34.2 Å². The van der Waals surface area contributed by atoms with Crippen LogP contribution in [-0.4, -0.2) is 101 Å². The van der Waals surface area contributed by atoms with Gasteiger partial charge in [0.2, 0.25) is 5.78 Å². The van der Waals surface area contributed by atoms with E-state index in [2.05, 4.69) is 24.3 Å². The molecule has 1 saturated heterocycles. The monoisotopic (exact) mass is 891 g/mol. The van der Waals surface area contributed by atoms with Gasteiger partial charge < -0.3 is 59.7 Å². The minimum atomic E-state index is -2.24. The van der Waals surface area contributed by atoms with Crippen molar-refractivity contribution in [1.82, 2.24) is 0 Å². The first-order valence-electron chi connectivity index (χ1n) is 21.2. The summed E-state index contributed by atoms with van der Waals surface area (Å²) in [5, 5.41) is 53.7. The van der Waals surface area contributed by atoms with E-state index >= 15 is 0 Å². The normalized spacial score (nSPS) is 22.1. The minimum Gasteiger partial charge on any atom is -0.507 e. The van der Waals surface area contributed by atoms with Gasteiger partial charge in [-0.3, -0.25) is 14.4 Å². The number of ketones is 3. The highest BCUT2D eigenvalue weighted by atomic mass is 16.7. The maximum Gasteiger partial charge on any atom is 0.202 e. The smallest absolute Gasteiger partial charge is 0.202 e. The van der Waals surface area contributed by atoms with E-state index < -0.39 is 95.7 Å². The van der Waals surface area contributed by atoms with Crippen LogP contribution in [0.4, 0.5) is 0 Å². The van der Waals surface area contributed by atoms with E-state index in [9.17, 15) is 39.9 Å². The van der Waals surface area contributed by atoms with Crippen LogP contribution in [0.3, 0.4) is 0 Å². The number of para-hydroxylation sites is 1. The molecular weight excluding hydrogens is 839 g/mol. The van der Waals surface area contributed by atoms with Crippen LogP contribution in [0.15, 0.2) is 91.0 Å². The first-order valence-corrected chi connectivity index (χ1v) is 21.2. The van der Waals surface area contributed by atoms with E-state index in [0.717, 1.165) is 35.7 Å². The summed E-state index contributed by atoms with van der Waals surface area (Å²) in [7, 11) is 4.69. The number of ether oxygens (including phenoxy) is 6. The Hall–Kier alpha value is -6.33. The van der Waals surface area contributed by atoms with Gasteiger partial charge in [0.1, 0.15) is 53.3 Å². The van der Waals surface area contributed by atoms with Gasteiger partial charge in [0.05, 0.1) is 56.3 Å². The van der Waals surface area contributed by atoms with Crippen LogP contribution >= 0.6 is 0 Å². The topological polar surface area (TPSA) is 234 Å². The standard InChI is InChI=1S/C27H29NO11.C23H24O3/c1-10-22(31)13(28)6-17(38-10)39-15-8-27(36,16(30)9-29)7-12-19(15)26(35)21-20(24(12)33)23(32)11-4-3-5-14(37-2)18(11)25(21)34;1-24-21-10-5-7-18(15-21)13-14-20-9-3-4-12-23(20)26-17-19-8-6-11-22(16-19)25-2/h3-5,10,13,15,17,22,29,31,33,35-36H,6-9,28H2,1-2H3;3-12,15-16H,13-14,17H2,1-2H3/t10-,13-,15-,17-,22+,27-;/m0./s1. The summed E-state index contributed by atoms with van der Waals surface area (Å²) in [4.78, 5) is 39.7. The molecule has 3 aliphatic rings. The molecule has 15 nitrogen and oxygen atoms in total. The van der Waals surface area contributed by atoms with Gasteiger partial charge in [-0.25, -0.2) is 0 Å². The van der Waals surface area contributed by atoms with Gasteiger partial charge in [-0.05, 0) is 72.9 Å². The summed E-state index contributed by atoms with van der Waals surface area (Å²) < 4.78 is 33.6. The third kappa shape index (κ3) is 9.57. The second kappa shape index (κ2) is 19.8. The summed E-state index contributed by atoms with van der Waals surface area (Å²) in [5.74, 6) is -1.11. The molecule has 0 amide bonds. The number of hydrogen-bond acceptors (Lipinski definition) is 15. The highest BCUT2D eigenvalue weighted by Crippen LogP contribution is 2.52. The second-order valence-electron chi connectivity index (χ2n) is 16.3. The lowest BCUT2D eigenvalue weighted by molar-refractivity contribution is -0.247. The highest BCUT2D eigenvalue weighted by molar-refractivity contribution is 6.31. The van der Waals surface area contributed by atoms with Crippen LogP contribution in [0.25, 0.3) is 0 Å². The molecule has 15 heteroatoms. The number of aryl methyl sites for hydroxylation is 2. The Morgan fingerprint density at radius 3 is 2.12 bits per heavy atom. The third-order valence-electron chi connectivity index (χ3n) is 12.1. The van der Waals surface area contributed by atoms with Gasteiger partial charge in [0.15, 0.2) is 17.9 Å². The fraction of sp³-hybridized carbons (Fsp3) is 0.340. The molecule has 342 valence electrons. The number of Topliss-reactive ketones (excluding diaryl/α,β-unsaturated/α-hetero) is 1. The summed E-state index contributed by atoms with van der Waals surface area (Å²) in [5.41, 5.74) is 5.93. The maximum absolute atomic E-state index is 13.6. The quantitative estimate of drug-likeness (QED) is 0.0831. The Labute approximate surface area is 375 Å². The zero-order valence-electron chi connectivity index (χ0n) is 36.5. The number of carbonyl (C=O) groups is 3. The van der Waals surface area contributed by atoms with Gasteiger partial charge in [-0.15, -0.1) is 0 Å². The van der Waals surface area contributed by atoms with E-state index in [-0.39, 0.29) is 34.4 Å². The fourth-order valence-corrected chi connectivity index (χ4v) is 8.63. The van der Waals surface area contributed by atoms with Crippen molar-refractivity contribution in [3.63, 3.8) is 0 Å². The van der Waals surface area contributed by atoms with Crippen molar-refractivity contribution in [2.45, 2.75) is 81.9 Å². The number of nitrogens with two attached hydrogens (primary N) is 1. The maximum atomic E-state index is 13.6. The largest absolute Gasteiger partial charge is 0.507 e. The lowest BCUT2D eigenvalue weighted by atomic mass is 9.72. The van der Waals surface area contributed by atoms with Crippen molar-refractivity contribution in [3.05, 3.63) is 141 Å². The van der Waals surface area contributed by atoms with Crippen molar-refractivity contribution in [3.8, 4) is 34.5 Å². The minimum absolute atomic E-state index is 0.0173. The Balaban J connectivity index is 0.000000210. The molecule has 2 aliphatic carbocycles. The number of aliphatic hydroxyl groups is 3. The van der Waals surface area contributed by atoms with Crippen LogP contribution in [0.5, 0.6) is 34.5 Å². The van der Waals surface area contributed by atoms with Gasteiger partial charge in [0, 0.05) is 42.0 Å². The van der Waals surface area contributed by atoms with Crippen molar-refractivity contribution < 1.29 is 68.3 Å². The van der Waals surface area contributed by atoms with Crippen LogP contribution < -0.4 is 24.7 Å². The Morgan fingerprint density at radius 1 is 0.800 bits per heavy atom. The van der Waals surface area contributed by atoms with Gasteiger partial charge in [0.25, 0.3) is 0 Å². The predicted octanol–water partition coefficient (Wildman–Crippen LogP) is 5.07. The molecule has 6 atom stereocenters. The lowest BCUT2D eigenvalue weighted by Crippen LogP contribution is -2.53. The fourth-order valence-electron chi connectivity index (χ4n) is 8.63. The summed E-state index contributed by atoms with van der Waals surface area (Å²) in [6.07, 6.45) is -3.26. The van der Waals surface area contributed by atoms with Crippen LogP contribution in [-0.2, 0) is 40.1 Å². The van der Waals surface area contributed by atoms with Crippen molar-refractivity contribution in [2.75, 3.05) is 27.9 Å². The molecule has 5 aromatic rings. The van der Waals surface area contributed by atoms with E-state index in [1.165, 1.54) is 36.4 Å². The number of benzene rings is 5. The molecule has 0 radical (unpaired) electrons. The number of phenols is 2. The van der Waals surface area contributed by atoms with Crippen LogP contribution in [0.2, 0.25) is 0 Å². The lowest BCUT2D eigenvalue weighted by Gasteiger charge is -2.42. The second-order valence-corrected chi connectivity index (χ2v) is 16.3. The Morgan fingerprint density at radius 2 is 1.45 bits per heavy atom. The van der Waals surface area contributed by atoms with Crippen molar-refractivity contribution >= 4 is 17.3 Å². The van der Waals surface area contributed by atoms with E-state index in [1.54, 1.807) is 21.1 Å². The zero-order chi connectivity index (χ0) is 46.6. The Kier molecular flexibility index (Phi) is 14.2. The average Bonchev–Trinajstić information content (AvgIpc) is 3.32. The SMILES string of the molecule is COc1cccc(CCc2ccccc2OCc2cccc(OC)c2)c1.COc1cccc2c1C(=O)c1c(O)c3c(c(O)c1C2=O)C[C@@](O)(C(=O)CO)C[C@@H]3O[C@H]1C[C@H](N)[C@H](O)[C@H](C)O1. The summed E-state index contributed by atoms with van der Waals surface area (Å²) in [6.45, 7) is 1.08.